The number of imidazole rings is 1. The van der Waals surface area contributed by atoms with Crippen LogP contribution in [0.25, 0.3) is 11.2 Å². The molecule has 0 saturated carbocycles. The van der Waals surface area contributed by atoms with E-state index in [1.165, 1.54) is 0 Å². The fourth-order valence-electron chi connectivity index (χ4n) is 2.43. The van der Waals surface area contributed by atoms with Gasteiger partial charge in [-0.25, -0.2) is 9.97 Å². The van der Waals surface area contributed by atoms with Gasteiger partial charge in [-0.3, -0.25) is 9.13 Å². The molecule has 0 aliphatic carbocycles. The van der Waals surface area contributed by atoms with Gasteiger partial charge in [0, 0.05) is 19.0 Å². The molecule has 0 fully saturated rings. The van der Waals surface area contributed by atoms with Crippen molar-refractivity contribution in [2.24, 2.45) is 0 Å². The van der Waals surface area contributed by atoms with Gasteiger partial charge in [0.1, 0.15) is 11.5 Å². The summed E-state index contributed by atoms with van der Waals surface area (Å²) in [5.41, 5.74) is 1.78. The highest BCUT2D eigenvalue weighted by atomic mass is 31.2. The SMILES string of the molecule is Cc1ccc2c(n1)nc(C)n2C(C)(C)OP(C)(C)=O. The van der Waals surface area contributed by atoms with E-state index >= 15 is 0 Å². The van der Waals surface area contributed by atoms with Gasteiger partial charge in [-0.15, -0.1) is 0 Å². The van der Waals surface area contributed by atoms with Crippen LogP contribution in [0.15, 0.2) is 12.1 Å². The average molecular weight is 281 g/mol. The van der Waals surface area contributed by atoms with Gasteiger partial charge < -0.3 is 4.52 Å². The molecular formula is C13H20N3O2P. The molecule has 0 aliphatic heterocycles. The normalized spacial score (nSPS) is 13.2. The van der Waals surface area contributed by atoms with Crippen molar-refractivity contribution in [2.45, 2.75) is 33.4 Å². The third-order valence-electron chi connectivity index (χ3n) is 2.81. The first-order valence-electron chi connectivity index (χ1n) is 6.19. The molecule has 0 spiro atoms. The number of fused-ring (bicyclic) bond motifs is 1. The number of aromatic nitrogens is 3. The van der Waals surface area contributed by atoms with Crippen LogP contribution in [0.2, 0.25) is 0 Å². The first kappa shape index (κ1) is 14.2. The van der Waals surface area contributed by atoms with Crippen LogP contribution in [0.4, 0.5) is 0 Å². The summed E-state index contributed by atoms with van der Waals surface area (Å²) >= 11 is 0. The van der Waals surface area contributed by atoms with Crippen molar-refractivity contribution >= 4 is 18.5 Å². The summed E-state index contributed by atoms with van der Waals surface area (Å²) < 4.78 is 19.6. The monoisotopic (exact) mass is 281 g/mol. The molecule has 0 saturated heterocycles. The number of rotatable bonds is 3. The molecule has 0 unspecified atom stereocenters. The maximum atomic E-state index is 12.0. The molecule has 104 valence electrons. The fourth-order valence-corrected chi connectivity index (χ4v) is 3.59. The van der Waals surface area contributed by atoms with E-state index in [0.717, 1.165) is 17.0 Å². The molecule has 0 radical (unpaired) electrons. The zero-order valence-electron chi connectivity index (χ0n) is 12.3. The Morgan fingerprint density at radius 1 is 1.21 bits per heavy atom. The summed E-state index contributed by atoms with van der Waals surface area (Å²) in [5.74, 6) is 0.798. The minimum atomic E-state index is -2.60. The van der Waals surface area contributed by atoms with Crippen LogP contribution < -0.4 is 0 Å². The van der Waals surface area contributed by atoms with Gasteiger partial charge in [-0.1, -0.05) is 0 Å². The zero-order chi connectivity index (χ0) is 14.4. The molecule has 2 aromatic heterocycles. The molecule has 5 nitrogen and oxygen atoms in total. The molecule has 0 atom stereocenters. The van der Waals surface area contributed by atoms with Crippen LogP contribution in [0, 0.1) is 13.8 Å². The maximum Gasteiger partial charge on any atom is 0.199 e. The highest BCUT2D eigenvalue weighted by molar-refractivity contribution is 7.57. The fraction of sp³-hybridized carbons (Fsp3) is 0.538. The second-order valence-corrected chi connectivity index (χ2v) is 8.27. The topological polar surface area (TPSA) is 57.0 Å². The van der Waals surface area contributed by atoms with E-state index < -0.39 is 13.1 Å². The van der Waals surface area contributed by atoms with Crippen molar-refractivity contribution in [3.05, 3.63) is 23.7 Å². The second kappa shape index (κ2) is 4.43. The first-order valence-corrected chi connectivity index (χ1v) is 8.71. The molecule has 2 rings (SSSR count). The summed E-state index contributed by atoms with van der Waals surface area (Å²) in [6.45, 7) is 10.8. The van der Waals surface area contributed by atoms with Gasteiger partial charge in [0.05, 0.1) is 5.52 Å². The first-order chi connectivity index (χ1) is 8.60. The summed E-state index contributed by atoms with van der Waals surface area (Å²) in [7, 11) is -2.60. The van der Waals surface area contributed by atoms with Crippen molar-refractivity contribution in [1.29, 1.82) is 0 Å². The van der Waals surface area contributed by atoms with Crippen molar-refractivity contribution in [1.82, 2.24) is 14.5 Å². The van der Waals surface area contributed by atoms with E-state index in [2.05, 4.69) is 9.97 Å². The predicted octanol–water partition coefficient (Wildman–Crippen LogP) is 3.30. The van der Waals surface area contributed by atoms with Crippen molar-refractivity contribution < 1.29 is 9.09 Å². The third-order valence-corrected chi connectivity index (χ3v) is 3.69. The van der Waals surface area contributed by atoms with Gasteiger partial charge >= 0.3 is 0 Å². The lowest BCUT2D eigenvalue weighted by atomic mass is 10.2. The Labute approximate surface area is 113 Å². The molecule has 0 aliphatic rings. The van der Waals surface area contributed by atoms with E-state index in [4.69, 9.17) is 4.52 Å². The van der Waals surface area contributed by atoms with E-state index in [-0.39, 0.29) is 0 Å². The van der Waals surface area contributed by atoms with Gasteiger partial charge in [-0.2, -0.15) is 0 Å². The minimum Gasteiger partial charge on any atom is -0.302 e. The molecule has 0 amide bonds. The lowest BCUT2D eigenvalue weighted by molar-refractivity contribution is 0.0385. The van der Waals surface area contributed by atoms with Gasteiger partial charge in [0.25, 0.3) is 0 Å². The summed E-state index contributed by atoms with van der Waals surface area (Å²) in [6, 6.07) is 3.91. The highest BCUT2D eigenvalue weighted by Gasteiger charge is 2.30. The zero-order valence-corrected chi connectivity index (χ0v) is 13.2. The van der Waals surface area contributed by atoms with Crippen LogP contribution in [-0.2, 0) is 14.8 Å². The molecule has 0 bridgehead atoms. The third kappa shape index (κ3) is 2.88. The standard InChI is InChI=1S/C13H20N3O2P/c1-9-7-8-11-12(14-9)15-10(2)16(11)13(3,4)18-19(5,6)17/h7-8H,1-6H3. The van der Waals surface area contributed by atoms with Gasteiger partial charge in [0.2, 0.25) is 0 Å². The van der Waals surface area contributed by atoms with Crippen LogP contribution >= 0.6 is 7.37 Å². The number of aryl methyl sites for hydroxylation is 2. The molecular weight excluding hydrogens is 261 g/mol. The van der Waals surface area contributed by atoms with Crippen LogP contribution in [0.1, 0.15) is 25.4 Å². The van der Waals surface area contributed by atoms with E-state index in [1.54, 1.807) is 13.3 Å². The summed E-state index contributed by atoms with van der Waals surface area (Å²) in [4.78, 5) is 8.86. The summed E-state index contributed by atoms with van der Waals surface area (Å²) in [5, 5.41) is 0. The molecule has 0 N–H and O–H groups in total. The number of hydrogen-bond acceptors (Lipinski definition) is 4. The van der Waals surface area contributed by atoms with Crippen molar-refractivity contribution in [2.75, 3.05) is 13.3 Å². The van der Waals surface area contributed by atoms with E-state index in [1.807, 2.05) is 44.4 Å². The molecule has 2 aromatic rings. The molecule has 19 heavy (non-hydrogen) atoms. The largest absolute Gasteiger partial charge is 0.302 e. The Balaban J connectivity index is 2.61. The quantitative estimate of drug-likeness (QED) is 0.810. The smallest absolute Gasteiger partial charge is 0.199 e. The van der Waals surface area contributed by atoms with Crippen molar-refractivity contribution in [3.63, 3.8) is 0 Å². The Bertz CT molecular complexity index is 670. The number of nitrogens with zero attached hydrogens (tertiary/aromatic N) is 3. The Morgan fingerprint density at radius 2 is 1.84 bits per heavy atom. The average Bonchev–Trinajstić information content (AvgIpc) is 2.49. The Morgan fingerprint density at radius 3 is 2.42 bits per heavy atom. The van der Waals surface area contributed by atoms with E-state index in [0.29, 0.717) is 5.65 Å². The Hall–Kier alpha value is -1.19. The molecule has 6 heteroatoms. The summed E-state index contributed by atoms with van der Waals surface area (Å²) in [6.07, 6.45) is 0. The van der Waals surface area contributed by atoms with Crippen LogP contribution in [0.5, 0.6) is 0 Å². The van der Waals surface area contributed by atoms with E-state index in [9.17, 15) is 4.57 Å². The lowest BCUT2D eigenvalue weighted by Crippen LogP contribution is -2.29. The van der Waals surface area contributed by atoms with Gasteiger partial charge in [-0.05, 0) is 39.8 Å². The lowest BCUT2D eigenvalue weighted by Gasteiger charge is -2.30. The predicted molar refractivity (Wildman–Crippen MR) is 76.9 cm³/mol. The Kier molecular flexibility index (Phi) is 3.31. The number of hydrogen-bond donors (Lipinski definition) is 0. The maximum absolute atomic E-state index is 12.0. The van der Waals surface area contributed by atoms with Gasteiger partial charge in [0.15, 0.2) is 13.0 Å². The second-order valence-electron chi connectivity index (χ2n) is 5.58. The van der Waals surface area contributed by atoms with Crippen molar-refractivity contribution in [3.8, 4) is 0 Å². The van der Waals surface area contributed by atoms with Crippen LogP contribution in [-0.4, -0.2) is 27.9 Å². The molecule has 2 heterocycles. The molecule has 0 aromatic carbocycles. The highest BCUT2D eigenvalue weighted by Crippen LogP contribution is 2.45. The minimum absolute atomic E-state index is 0.691. The number of pyridine rings is 1. The van der Waals surface area contributed by atoms with Crippen LogP contribution in [0.3, 0.4) is 0 Å².